The molecule has 1 saturated carbocycles. The van der Waals surface area contributed by atoms with Crippen molar-refractivity contribution in [3.05, 3.63) is 34.6 Å². The largest absolute Gasteiger partial charge is 0.310 e. The van der Waals surface area contributed by atoms with Gasteiger partial charge in [0.25, 0.3) is 0 Å². The fourth-order valence-electron chi connectivity index (χ4n) is 2.07. The molecule has 1 nitrogen and oxygen atoms in total. The molecule has 16 heavy (non-hydrogen) atoms. The SMILES string of the molecule is CC(NCc1c(F)cccc1Cl)C1CCC1. The van der Waals surface area contributed by atoms with Crippen LogP contribution < -0.4 is 5.32 Å². The summed E-state index contributed by atoms with van der Waals surface area (Å²) in [5.74, 6) is 0.534. The quantitative estimate of drug-likeness (QED) is 0.847. The highest BCUT2D eigenvalue weighted by molar-refractivity contribution is 6.31. The van der Waals surface area contributed by atoms with Gasteiger partial charge >= 0.3 is 0 Å². The van der Waals surface area contributed by atoms with E-state index in [-0.39, 0.29) is 5.82 Å². The molecule has 3 heteroatoms. The zero-order chi connectivity index (χ0) is 11.5. The van der Waals surface area contributed by atoms with E-state index in [0.717, 1.165) is 5.92 Å². The van der Waals surface area contributed by atoms with Crippen LogP contribution in [0.1, 0.15) is 31.7 Å². The van der Waals surface area contributed by atoms with E-state index in [1.54, 1.807) is 12.1 Å². The zero-order valence-electron chi connectivity index (χ0n) is 9.47. The van der Waals surface area contributed by atoms with Crippen molar-refractivity contribution in [2.75, 3.05) is 0 Å². The van der Waals surface area contributed by atoms with E-state index < -0.39 is 0 Å². The van der Waals surface area contributed by atoms with Gasteiger partial charge in [-0.05, 0) is 37.8 Å². The highest BCUT2D eigenvalue weighted by atomic mass is 35.5. The van der Waals surface area contributed by atoms with Gasteiger partial charge in [0.2, 0.25) is 0 Å². The lowest BCUT2D eigenvalue weighted by Gasteiger charge is -2.32. The van der Waals surface area contributed by atoms with Crippen LogP contribution in [0.2, 0.25) is 5.02 Å². The summed E-state index contributed by atoms with van der Waals surface area (Å²) in [6, 6.07) is 5.27. The van der Waals surface area contributed by atoms with Crippen LogP contribution >= 0.6 is 11.6 Å². The van der Waals surface area contributed by atoms with E-state index in [2.05, 4.69) is 12.2 Å². The van der Waals surface area contributed by atoms with E-state index in [4.69, 9.17) is 11.6 Å². The Morgan fingerprint density at radius 3 is 2.81 bits per heavy atom. The maximum absolute atomic E-state index is 13.5. The lowest BCUT2D eigenvalue weighted by Crippen LogP contribution is -2.36. The Kier molecular flexibility index (Phi) is 3.82. The molecule has 1 aliphatic rings. The summed E-state index contributed by atoms with van der Waals surface area (Å²) in [5.41, 5.74) is 0.579. The second kappa shape index (κ2) is 5.15. The summed E-state index contributed by atoms with van der Waals surface area (Å²) < 4.78 is 13.5. The molecular formula is C13H17ClFN. The molecule has 1 aromatic carbocycles. The van der Waals surface area contributed by atoms with Gasteiger partial charge in [0.15, 0.2) is 0 Å². The number of benzene rings is 1. The van der Waals surface area contributed by atoms with Crippen LogP contribution in [-0.4, -0.2) is 6.04 Å². The molecule has 1 fully saturated rings. The predicted molar refractivity (Wildman–Crippen MR) is 65.1 cm³/mol. The van der Waals surface area contributed by atoms with Gasteiger partial charge in [-0.1, -0.05) is 24.1 Å². The third-order valence-electron chi connectivity index (χ3n) is 3.52. The summed E-state index contributed by atoms with van der Waals surface area (Å²) in [4.78, 5) is 0. The number of nitrogens with one attached hydrogen (secondary N) is 1. The van der Waals surface area contributed by atoms with Crippen molar-refractivity contribution in [3.8, 4) is 0 Å². The van der Waals surface area contributed by atoms with Crippen molar-refractivity contribution < 1.29 is 4.39 Å². The molecular weight excluding hydrogens is 225 g/mol. The highest BCUT2D eigenvalue weighted by Gasteiger charge is 2.23. The Morgan fingerprint density at radius 1 is 1.50 bits per heavy atom. The second-order valence-corrected chi connectivity index (χ2v) is 4.97. The molecule has 1 atom stereocenters. The Hall–Kier alpha value is -0.600. The lowest BCUT2D eigenvalue weighted by molar-refractivity contribution is 0.239. The molecule has 0 amide bonds. The van der Waals surface area contributed by atoms with Gasteiger partial charge < -0.3 is 5.32 Å². The Labute approximate surface area is 101 Å². The first-order chi connectivity index (χ1) is 7.68. The minimum Gasteiger partial charge on any atom is -0.310 e. The van der Waals surface area contributed by atoms with Crippen LogP contribution in [0.15, 0.2) is 18.2 Å². The summed E-state index contributed by atoms with van der Waals surface area (Å²) >= 11 is 5.96. The minimum absolute atomic E-state index is 0.221. The third kappa shape index (κ3) is 2.55. The van der Waals surface area contributed by atoms with Crippen molar-refractivity contribution in [2.24, 2.45) is 5.92 Å². The second-order valence-electron chi connectivity index (χ2n) is 4.56. The summed E-state index contributed by atoms with van der Waals surface area (Å²) in [6.07, 6.45) is 3.91. The van der Waals surface area contributed by atoms with E-state index in [1.165, 1.54) is 25.3 Å². The first-order valence-electron chi connectivity index (χ1n) is 5.84. The molecule has 88 valence electrons. The average Bonchev–Trinajstić information content (AvgIpc) is 2.14. The molecule has 0 radical (unpaired) electrons. The molecule has 1 aliphatic carbocycles. The first kappa shape index (κ1) is 11.9. The molecule has 1 N–H and O–H groups in total. The first-order valence-corrected chi connectivity index (χ1v) is 6.22. The number of hydrogen-bond acceptors (Lipinski definition) is 1. The molecule has 0 saturated heterocycles. The maximum Gasteiger partial charge on any atom is 0.129 e. The molecule has 1 unspecified atom stereocenters. The van der Waals surface area contributed by atoms with Crippen LogP contribution in [0.3, 0.4) is 0 Å². The van der Waals surface area contributed by atoms with E-state index in [0.29, 0.717) is 23.2 Å². The van der Waals surface area contributed by atoms with Crippen molar-refractivity contribution in [2.45, 2.75) is 38.8 Å². The van der Waals surface area contributed by atoms with Gasteiger partial charge in [0.1, 0.15) is 5.82 Å². The summed E-state index contributed by atoms with van der Waals surface area (Å²) in [6.45, 7) is 2.68. The van der Waals surface area contributed by atoms with Crippen molar-refractivity contribution in [1.82, 2.24) is 5.32 Å². The number of halogens is 2. The molecule has 0 bridgehead atoms. The minimum atomic E-state index is -0.221. The van der Waals surface area contributed by atoms with Crippen LogP contribution in [0.25, 0.3) is 0 Å². The topological polar surface area (TPSA) is 12.0 Å². The van der Waals surface area contributed by atoms with Crippen LogP contribution in [0, 0.1) is 11.7 Å². The monoisotopic (exact) mass is 241 g/mol. The van der Waals surface area contributed by atoms with Gasteiger partial charge in [-0.25, -0.2) is 4.39 Å². The molecule has 0 spiro atoms. The van der Waals surface area contributed by atoms with E-state index >= 15 is 0 Å². The smallest absolute Gasteiger partial charge is 0.129 e. The molecule has 0 aromatic heterocycles. The third-order valence-corrected chi connectivity index (χ3v) is 3.87. The van der Waals surface area contributed by atoms with Gasteiger partial charge in [-0.15, -0.1) is 0 Å². The van der Waals surface area contributed by atoms with Gasteiger partial charge in [0.05, 0.1) is 0 Å². The number of hydrogen-bond donors (Lipinski definition) is 1. The van der Waals surface area contributed by atoms with E-state index in [1.807, 2.05) is 0 Å². The Balaban J connectivity index is 1.93. The van der Waals surface area contributed by atoms with Crippen LogP contribution in [-0.2, 0) is 6.54 Å². The number of rotatable bonds is 4. The highest BCUT2D eigenvalue weighted by Crippen LogP contribution is 2.29. The van der Waals surface area contributed by atoms with E-state index in [9.17, 15) is 4.39 Å². The fourth-order valence-corrected chi connectivity index (χ4v) is 2.30. The van der Waals surface area contributed by atoms with Gasteiger partial charge in [-0.3, -0.25) is 0 Å². The normalized spacial score (nSPS) is 18.2. The van der Waals surface area contributed by atoms with Crippen molar-refractivity contribution in [3.63, 3.8) is 0 Å². The van der Waals surface area contributed by atoms with Crippen molar-refractivity contribution in [1.29, 1.82) is 0 Å². The lowest BCUT2D eigenvalue weighted by atomic mass is 9.80. The molecule has 1 aromatic rings. The van der Waals surface area contributed by atoms with Gasteiger partial charge in [-0.2, -0.15) is 0 Å². The summed E-state index contributed by atoms with van der Waals surface area (Å²) in [5, 5.41) is 3.87. The predicted octanol–water partition coefficient (Wildman–Crippen LogP) is 3.76. The average molecular weight is 242 g/mol. The summed E-state index contributed by atoms with van der Waals surface area (Å²) in [7, 11) is 0. The Bertz CT molecular complexity index is 343. The zero-order valence-corrected chi connectivity index (χ0v) is 10.2. The standard InChI is InChI=1S/C13H17ClFN/c1-9(10-4-2-5-10)16-8-11-12(14)6-3-7-13(11)15/h3,6-7,9-10,16H,2,4-5,8H2,1H3. The fraction of sp³-hybridized carbons (Fsp3) is 0.538. The van der Waals surface area contributed by atoms with Gasteiger partial charge in [0, 0.05) is 23.2 Å². The van der Waals surface area contributed by atoms with Crippen molar-refractivity contribution >= 4 is 11.6 Å². The molecule has 0 aliphatic heterocycles. The maximum atomic E-state index is 13.5. The van der Waals surface area contributed by atoms with Crippen LogP contribution in [0.4, 0.5) is 4.39 Å². The molecule has 0 heterocycles. The van der Waals surface area contributed by atoms with Crippen LogP contribution in [0.5, 0.6) is 0 Å². The Morgan fingerprint density at radius 2 is 2.25 bits per heavy atom. The molecule has 2 rings (SSSR count).